The molecule has 98 valence electrons. The van der Waals surface area contributed by atoms with Crippen molar-refractivity contribution >= 4 is 5.69 Å². The third-order valence-electron chi connectivity index (χ3n) is 3.87. The number of hydrogen-bond acceptors (Lipinski definition) is 4. The minimum absolute atomic E-state index is 0.377. The van der Waals surface area contributed by atoms with Crippen molar-refractivity contribution in [2.24, 2.45) is 0 Å². The summed E-state index contributed by atoms with van der Waals surface area (Å²) < 4.78 is 5.79. The Bertz CT molecular complexity index is 395. The second-order valence-electron chi connectivity index (χ2n) is 5.36. The van der Waals surface area contributed by atoms with Crippen molar-refractivity contribution < 1.29 is 9.84 Å². The molecule has 4 heteroatoms. The Hall–Kier alpha value is -1.10. The van der Waals surface area contributed by atoms with E-state index >= 15 is 0 Å². The van der Waals surface area contributed by atoms with E-state index in [1.54, 1.807) is 0 Å². The molecule has 0 aliphatic carbocycles. The lowest BCUT2D eigenvalue weighted by atomic mass is 10.1. The number of aliphatic hydroxyl groups excluding tert-OH is 1. The summed E-state index contributed by atoms with van der Waals surface area (Å²) in [4.78, 5) is 2.31. The van der Waals surface area contributed by atoms with Crippen molar-refractivity contribution in [1.29, 1.82) is 0 Å². The monoisotopic (exact) mass is 248 g/mol. The molecule has 0 amide bonds. The van der Waals surface area contributed by atoms with Gasteiger partial charge in [0.15, 0.2) is 0 Å². The molecule has 0 radical (unpaired) electrons. The van der Waals surface area contributed by atoms with E-state index < -0.39 is 6.10 Å². The Morgan fingerprint density at radius 2 is 1.83 bits per heavy atom. The van der Waals surface area contributed by atoms with Crippen LogP contribution in [0.3, 0.4) is 0 Å². The second kappa shape index (κ2) is 4.88. The zero-order valence-corrected chi connectivity index (χ0v) is 10.5. The third kappa shape index (κ3) is 2.51. The van der Waals surface area contributed by atoms with E-state index in [2.05, 4.69) is 4.90 Å². The van der Waals surface area contributed by atoms with Crippen LogP contribution >= 0.6 is 0 Å². The lowest BCUT2D eigenvalue weighted by Crippen LogP contribution is -2.44. The first-order valence-corrected chi connectivity index (χ1v) is 6.62. The van der Waals surface area contributed by atoms with Crippen LogP contribution in [0.4, 0.5) is 5.69 Å². The van der Waals surface area contributed by atoms with Crippen LogP contribution in [0.1, 0.15) is 24.5 Å². The first kappa shape index (κ1) is 12.0. The fraction of sp³-hybridized carbons (Fsp3) is 0.571. The molecule has 1 aromatic carbocycles. The molecule has 0 saturated carbocycles. The number of nitrogen functional groups attached to an aromatic ring is 1. The van der Waals surface area contributed by atoms with E-state index in [1.807, 2.05) is 24.3 Å². The molecule has 2 saturated heterocycles. The maximum Gasteiger partial charge on any atom is 0.0916 e. The molecule has 3 unspecified atom stereocenters. The summed E-state index contributed by atoms with van der Waals surface area (Å²) in [5.74, 6) is 0. The van der Waals surface area contributed by atoms with Gasteiger partial charge in [-0.2, -0.15) is 0 Å². The number of nitrogens with zero attached hydrogens (tertiary/aromatic N) is 1. The van der Waals surface area contributed by atoms with Crippen LogP contribution in [0.5, 0.6) is 0 Å². The molecule has 3 rings (SSSR count). The molecule has 2 aliphatic rings. The first-order chi connectivity index (χ1) is 8.70. The number of aliphatic hydroxyl groups is 1. The lowest BCUT2D eigenvalue weighted by Gasteiger charge is -2.33. The van der Waals surface area contributed by atoms with Gasteiger partial charge < -0.3 is 15.6 Å². The summed E-state index contributed by atoms with van der Waals surface area (Å²) in [6.07, 6.45) is 2.64. The van der Waals surface area contributed by atoms with Crippen molar-refractivity contribution in [2.75, 3.05) is 25.4 Å². The fourth-order valence-corrected chi connectivity index (χ4v) is 2.92. The van der Waals surface area contributed by atoms with Crippen LogP contribution in [0.25, 0.3) is 0 Å². The highest BCUT2D eigenvalue weighted by Crippen LogP contribution is 2.27. The zero-order valence-electron chi connectivity index (χ0n) is 10.5. The van der Waals surface area contributed by atoms with E-state index in [9.17, 15) is 5.11 Å². The van der Waals surface area contributed by atoms with Gasteiger partial charge in [0.2, 0.25) is 0 Å². The van der Waals surface area contributed by atoms with E-state index in [4.69, 9.17) is 10.5 Å². The predicted molar refractivity (Wildman–Crippen MR) is 70.1 cm³/mol. The van der Waals surface area contributed by atoms with Gasteiger partial charge >= 0.3 is 0 Å². The molecular formula is C14H20N2O2. The molecule has 2 fully saturated rings. The molecule has 2 aliphatic heterocycles. The van der Waals surface area contributed by atoms with E-state index in [0.29, 0.717) is 18.8 Å². The summed E-state index contributed by atoms with van der Waals surface area (Å²) in [7, 11) is 0. The van der Waals surface area contributed by atoms with Gasteiger partial charge in [-0.05, 0) is 30.5 Å². The Balaban J connectivity index is 1.60. The van der Waals surface area contributed by atoms with Gasteiger partial charge in [0.1, 0.15) is 0 Å². The van der Waals surface area contributed by atoms with Crippen molar-refractivity contribution in [3.8, 4) is 0 Å². The number of nitrogens with two attached hydrogens (primary N) is 1. The average Bonchev–Trinajstić information content (AvgIpc) is 2.69. The minimum atomic E-state index is -0.442. The predicted octanol–water partition coefficient (Wildman–Crippen LogP) is 1.17. The number of anilines is 1. The van der Waals surface area contributed by atoms with E-state index in [-0.39, 0.29) is 0 Å². The Kier molecular flexibility index (Phi) is 3.24. The Morgan fingerprint density at radius 3 is 2.44 bits per heavy atom. The maximum absolute atomic E-state index is 10.2. The Labute approximate surface area is 107 Å². The van der Waals surface area contributed by atoms with Gasteiger partial charge in [-0.25, -0.2) is 0 Å². The number of hydrogen-bond donors (Lipinski definition) is 2. The Morgan fingerprint density at radius 1 is 1.22 bits per heavy atom. The van der Waals surface area contributed by atoms with Gasteiger partial charge in [-0.3, -0.25) is 4.90 Å². The van der Waals surface area contributed by atoms with Crippen molar-refractivity contribution in [3.05, 3.63) is 29.8 Å². The molecule has 0 aromatic heterocycles. The third-order valence-corrected chi connectivity index (χ3v) is 3.87. The first-order valence-electron chi connectivity index (χ1n) is 6.62. The molecule has 18 heavy (non-hydrogen) atoms. The normalized spacial score (nSPS) is 29.4. The number of fused-ring (bicyclic) bond motifs is 2. The highest BCUT2D eigenvalue weighted by atomic mass is 16.5. The molecule has 1 aromatic rings. The quantitative estimate of drug-likeness (QED) is 0.788. The molecule has 3 N–H and O–H groups in total. The van der Waals surface area contributed by atoms with E-state index in [0.717, 1.165) is 24.3 Å². The highest BCUT2D eigenvalue weighted by Gasteiger charge is 2.34. The second-order valence-corrected chi connectivity index (χ2v) is 5.36. The van der Waals surface area contributed by atoms with Crippen LogP contribution < -0.4 is 5.73 Å². The number of β-amino-alcohol motifs (C(OH)–C–C–N with tert-alkyl or cyclic N) is 1. The molecule has 2 heterocycles. The molecule has 0 spiro atoms. The molecular weight excluding hydrogens is 228 g/mol. The number of rotatable bonds is 3. The SMILES string of the molecule is Nc1ccc(C(O)CN2CC3CCC(C2)O3)cc1. The topological polar surface area (TPSA) is 58.7 Å². The minimum Gasteiger partial charge on any atom is -0.399 e. The zero-order chi connectivity index (χ0) is 12.5. The number of ether oxygens (including phenoxy) is 1. The molecule has 4 nitrogen and oxygen atoms in total. The standard InChI is InChI=1S/C14H20N2O2/c15-11-3-1-10(2-4-11)14(17)9-16-7-12-5-6-13(8-16)18-12/h1-4,12-14,17H,5-9,15H2. The number of morpholine rings is 1. The van der Waals surface area contributed by atoms with Gasteiger partial charge in [-0.15, -0.1) is 0 Å². The van der Waals surface area contributed by atoms with Crippen molar-refractivity contribution in [1.82, 2.24) is 4.90 Å². The summed E-state index contributed by atoms with van der Waals surface area (Å²) in [6, 6.07) is 7.47. The number of likely N-dealkylation sites (tertiary alicyclic amines) is 1. The van der Waals surface area contributed by atoms with Gasteiger partial charge in [0.05, 0.1) is 18.3 Å². The van der Waals surface area contributed by atoms with Crippen molar-refractivity contribution in [2.45, 2.75) is 31.2 Å². The van der Waals surface area contributed by atoms with Crippen LogP contribution in [-0.2, 0) is 4.74 Å². The lowest BCUT2D eigenvalue weighted by molar-refractivity contribution is -0.0497. The number of benzene rings is 1. The fourth-order valence-electron chi connectivity index (χ4n) is 2.92. The van der Waals surface area contributed by atoms with Gasteiger partial charge in [0, 0.05) is 25.3 Å². The summed E-state index contributed by atoms with van der Waals surface area (Å²) in [5.41, 5.74) is 7.31. The maximum atomic E-state index is 10.2. The smallest absolute Gasteiger partial charge is 0.0916 e. The summed E-state index contributed by atoms with van der Waals surface area (Å²) >= 11 is 0. The van der Waals surface area contributed by atoms with Gasteiger partial charge in [-0.1, -0.05) is 12.1 Å². The summed E-state index contributed by atoms with van der Waals surface area (Å²) in [6.45, 7) is 2.57. The van der Waals surface area contributed by atoms with Crippen LogP contribution in [-0.4, -0.2) is 41.8 Å². The largest absolute Gasteiger partial charge is 0.399 e. The molecule has 3 atom stereocenters. The van der Waals surface area contributed by atoms with E-state index in [1.165, 1.54) is 12.8 Å². The summed E-state index contributed by atoms with van der Waals surface area (Å²) in [5, 5.41) is 10.2. The van der Waals surface area contributed by atoms with Crippen LogP contribution in [0.2, 0.25) is 0 Å². The van der Waals surface area contributed by atoms with Crippen molar-refractivity contribution in [3.63, 3.8) is 0 Å². The van der Waals surface area contributed by atoms with Crippen LogP contribution in [0, 0.1) is 0 Å². The molecule has 2 bridgehead atoms. The van der Waals surface area contributed by atoms with Crippen LogP contribution in [0.15, 0.2) is 24.3 Å². The average molecular weight is 248 g/mol. The highest BCUT2D eigenvalue weighted by molar-refractivity contribution is 5.39. The van der Waals surface area contributed by atoms with Gasteiger partial charge in [0.25, 0.3) is 0 Å².